The van der Waals surface area contributed by atoms with E-state index in [1.54, 1.807) is 21.3 Å². The van der Waals surface area contributed by atoms with E-state index in [1.807, 2.05) is 25.1 Å². The van der Waals surface area contributed by atoms with Crippen molar-refractivity contribution >= 4 is 5.78 Å². The predicted molar refractivity (Wildman–Crippen MR) is 140 cm³/mol. The first-order valence-electron chi connectivity index (χ1n) is 12.2. The Balaban J connectivity index is 2.04. The summed E-state index contributed by atoms with van der Waals surface area (Å²) in [6.45, 7) is 10.2. The fourth-order valence-corrected chi connectivity index (χ4v) is 4.37. The topological polar surface area (TPSA) is 48.0 Å². The molecule has 0 bridgehead atoms. The fourth-order valence-electron chi connectivity index (χ4n) is 4.37. The molecule has 0 spiro atoms. The first kappa shape index (κ1) is 27.7. The van der Waals surface area contributed by atoms with Crippen LogP contribution >= 0.6 is 0 Å². The quantitative estimate of drug-likeness (QED) is 0.347. The molecule has 0 saturated heterocycles. The number of ketones is 1. The number of hydrogen-bond donors (Lipinski definition) is 0. The van der Waals surface area contributed by atoms with E-state index in [2.05, 4.69) is 50.9 Å². The highest BCUT2D eigenvalue weighted by atomic mass is 16.5. The third-order valence-corrected chi connectivity index (χ3v) is 6.70. The second-order valence-electron chi connectivity index (χ2n) is 9.88. The molecule has 2 rings (SSSR count). The molecule has 1 atom stereocenters. The van der Waals surface area contributed by atoms with Crippen molar-refractivity contribution in [3.05, 3.63) is 53.1 Å². The Bertz CT molecular complexity index is 940. The second-order valence-corrected chi connectivity index (χ2v) is 9.88. The number of nitrogens with zero attached hydrogens (tertiary/aromatic N) is 1. The summed E-state index contributed by atoms with van der Waals surface area (Å²) in [4.78, 5) is 15.7. The van der Waals surface area contributed by atoms with E-state index < -0.39 is 5.41 Å². The zero-order valence-corrected chi connectivity index (χ0v) is 22.4. The number of carbonyl (C=O) groups is 1. The average Bonchev–Trinajstić information content (AvgIpc) is 2.82. The van der Waals surface area contributed by atoms with E-state index in [1.165, 1.54) is 5.56 Å². The van der Waals surface area contributed by atoms with E-state index in [0.29, 0.717) is 18.1 Å². The molecule has 2 aromatic carbocycles. The molecule has 0 amide bonds. The molecule has 0 fully saturated rings. The molecular weight excluding hydrogens is 426 g/mol. The van der Waals surface area contributed by atoms with Crippen molar-refractivity contribution in [3.8, 4) is 17.2 Å². The summed E-state index contributed by atoms with van der Waals surface area (Å²) in [5, 5.41) is 0. The smallest absolute Gasteiger partial charge is 0.160 e. The van der Waals surface area contributed by atoms with Crippen LogP contribution in [0.1, 0.15) is 56.7 Å². The van der Waals surface area contributed by atoms with Gasteiger partial charge in [0.05, 0.1) is 26.7 Å². The molecule has 0 radical (unpaired) electrons. The average molecular weight is 470 g/mol. The monoisotopic (exact) mass is 469 g/mol. The van der Waals surface area contributed by atoms with Crippen molar-refractivity contribution in [3.63, 3.8) is 0 Å². The Morgan fingerprint density at radius 3 is 2.24 bits per heavy atom. The third-order valence-electron chi connectivity index (χ3n) is 6.70. The fraction of sp³-hybridized carbons (Fsp3) is 0.552. The van der Waals surface area contributed by atoms with Crippen molar-refractivity contribution in [2.75, 3.05) is 41.5 Å². The Hall–Kier alpha value is -2.53. The zero-order valence-electron chi connectivity index (χ0n) is 22.4. The largest absolute Gasteiger partial charge is 0.496 e. The summed E-state index contributed by atoms with van der Waals surface area (Å²) < 4.78 is 16.3. The number of Topliss-reactive ketones (excluding diaryl/α,β-unsaturated/α-hetero) is 1. The molecule has 0 heterocycles. The lowest BCUT2D eigenvalue weighted by atomic mass is 9.72. The van der Waals surface area contributed by atoms with Gasteiger partial charge in [0.1, 0.15) is 11.5 Å². The summed E-state index contributed by atoms with van der Waals surface area (Å²) >= 11 is 0. The van der Waals surface area contributed by atoms with Gasteiger partial charge >= 0.3 is 0 Å². The van der Waals surface area contributed by atoms with Crippen LogP contribution in [0.5, 0.6) is 17.2 Å². The van der Waals surface area contributed by atoms with Gasteiger partial charge in [-0.3, -0.25) is 4.79 Å². The van der Waals surface area contributed by atoms with Crippen molar-refractivity contribution in [2.45, 2.75) is 58.8 Å². The molecule has 5 heteroatoms. The minimum Gasteiger partial charge on any atom is -0.496 e. The first-order valence-corrected chi connectivity index (χ1v) is 12.2. The maximum atomic E-state index is 13.4. The van der Waals surface area contributed by atoms with Crippen LogP contribution in [0.15, 0.2) is 36.4 Å². The maximum Gasteiger partial charge on any atom is 0.160 e. The normalized spacial score (nSPS) is 13.1. The van der Waals surface area contributed by atoms with Crippen molar-refractivity contribution < 1.29 is 19.0 Å². The maximum absolute atomic E-state index is 13.4. The molecule has 0 N–H and O–H groups in total. The highest BCUT2D eigenvalue weighted by Crippen LogP contribution is 2.35. The Kier molecular flexibility index (Phi) is 10.4. The number of carbonyl (C=O) groups excluding carboxylic acids is 1. The van der Waals surface area contributed by atoms with E-state index in [4.69, 9.17) is 14.2 Å². The third kappa shape index (κ3) is 7.23. The molecule has 0 aromatic heterocycles. The first-order chi connectivity index (χ1) is 16.1. The standard InChI is InChI=1S/C29H43NO4/c1-21(2)18-28(31)29(4,24-12-10-22(3)26(20-24)33-7)15-9-16-30(5)17-14-23-11-13-25(32-6)27(19-23)34-8/h10-13,19-21H,9,14-18H2,1-8H3. The summed E-state index contributed by atoms with van der Waals surface area (Å²) in [6, 6.07) is 12.3. The molecule has 1 unspecified atom stereocenters. The van der Waals surface area contributed by atoms with Crippen LogP contribution in [-0.2, 0) is 16.6 Å². The van der Waals surface area contributed by atoms with Gasteiger partial charge in [-0.05, 0) is 87.5 Å². The van der Waals surface area contributed by atoms with Crippen LogP contribution in [0, 0.1) is 12.8 Å². The van der Waals surface area contributed by atoms with Crippen LogP contribution in [0.3, 0.4) is 0 Å². The van der Waals surface area contributed by atoms with E-state index in [0.717, 1.165) is 60.7 Å². The number of aryl methyl sites for hydroxylation is 1. The lowest BCUT2D eigenvalue weighted by Crippen LogP contribution is -2.35. The molecule has 0 aliphatic heterocycles. The molecule has 188 valence electrons. The molecule has 2 aromatic rings. The van der Waals surface area contributed by atoms with Crippen LogP contribution in [0.4, 0.5) is 0 Å². The van der Waals surface area contributed by atoms with E-state index in [-0.39, 0.29) is 0 Å². The van der Waals surface area contributed by atoms with E-state index in [9.17, 15) is 4.79 Å². The van der Waals surface area contributed by atoms with Crippen molar-refractivity contribution in [2.24, 2.45) is 5.92 Å². The van der Waals surface area contributed by atoms with Gasteiger partial charge in [-0.15, -0.1) is 0 Å². The Morgan fingerprint density at radius 2 is 1.62 bits per heavy atom. The Labute approximate surface area is 206 Å². The number of likely N-dealkylation sites (N-methyl/N-ethyl adjacent to an activating group) is 1. The number of methoxy groups -OCH3 is 3. The van der Waals surface area contributed by atoms with Gasteiger partial charge in [0, 0.05) is 13.0 Å². The minimum absolute atomic E-state index is 0.307. The number of hydrogen-bond acceptors (Lipinski definition) is 5. The summed E-state index contributed by atoms with van der Waals surface area (Å²) in [6.07, 6.45) is 3.27. The second kappa shape index (κ2) is 12.8. The number of benzene rings is 2. The number of rotatable bonds is 14. The SMILES string of the molecule is COc1cc(C(C)(CCCN(C)CCc2ccc(OC)c(OC)c2)C(=O)CC(C)C)ccc1C. The molecule has 0 aliphatic carbocycles. The van der Waals surface area contributed by atoms with Crippen LogP contribution in [0.2, 0.25) is 0 Å². The highest BCUT2D eigenvalue weighted by molar-refractivity contribution is 5.90. The molecule has 0 aliphatic rings. The van der Waals surface area contributed by atoms with Gasteiger partial charge in [-0.25, -0.2) is 0 Å². The lowest BCUT2D eigenvalue weighted by molar-refractivity contribution is -0.125. The molecular formula is C29H43NO4. The van der Waals surface area contributed by atoms with Gasteiger partial charge in [0.15, 0.2) is 11.5 Å². The Morgan fingerprint density at radius 1 is 0.941 bits per heavy atom. The van der Waals surface area contributed by atoms with Crippen molar-refractivity contribution in [1.29, 1.82) is 0 Å². The van der Waals surface area contributed by atoms with Crippen LogP contribution in [-0.4, -0.2) is 52.1 Å². The van der Waals surface area contributed by atoms with Gasteiger partial charge in [-0.1, -0.05) is 32.0 Å². The van der Waals surface area contributed by atoms with Crippen molar-refractivity contribution in [1.82, 2.24) is 4.90 Å². The van der Waals surface area contributed by atoms with Gasteiger partial charge < -0.3 is 19.1 Å². The predicted octanol–water partition coefficient (Wildman–Crippen LogP) is 5.85. The highest BCUT2D eigenvalue weighted by Gasteiger charge is 2.35. The molecule has 5 nitrogen and oxygen atoms in total. The summed E-state index contributed by atoms with van der Waals surface area (Å²) in [7, 11) is 7.14. The van der Waals surface area contributed by atoms with Gasteiger partial charge in [-0.2, -0.15) is 0 Å². The molecule has 0 saturated carbocycles. The van der Waals surface area contributed by atoms with Gasteiger partial charge in [0.25, 0.3) is 0 Å². The number of ether oxygens (including phenoxy) is 3. The minimum atomic E-state index is -0.518. The zero-order chi connectivity index (χ0) is 25.3. The van der Waals surface area contributed by atoms with Crippen LogP contribution < -0.4 is 14.2 Å². The summed E-state index contributed by atoms with van der Waals surface area (Å²) in [5.74, 6) is 2.99. The molecule has 34 heavy (non-hydrogen) atoms. The lowest BCUT2D eigenvalue weighted by Gasteiger charge is -2.31. The van der Waals surface area contributed by atoms with E-state index >= 15 is 0 Å². The summed E-state index contributed by atoms with van der Waals surface area (Å²) in [5.41, 5.74) is 2.83. The van der Waals surface area contributed by atoms with Crippen LogP contribution in [0.25, 0.3) is 0 Å². The van der Waals surface area contributed by atoms with Gasteiger partial charge in [0.2, 0.25) is 0 Å².